The third kappa shape index (κ3) is 4.79. The summed E-state index contributed by atoms with van der Waals surface area (Å²) in [5.74, 6) is -0.0256. The smallest absolute Gasteiger partial charge is 0.312 e. The van der Waals surface area contributed by atoms with Gasteiger partial charge in [-0.25, -0.2) is 4.98 Å². The molecule has 3 heterocycles. The van der Waals surface area contributed by atoms with E-state index in [0.717, 1.165) is 11.1 Å². The number of hydrogen-bond donors (Lipinski definition) is 1. The predicted octanol–water partition coefficient (Wildman–Crippen LogP) is 4.19. The van der Waals surface area contributed by atoms with Crippen LogP contribution in [0.5, 0.6) is 0 Å². The van der Waals surface area contributed by atoms with E-state index in [9.17, 15) is 4.39 Å². The van der Waals surface area contributed by atoms with Gasteiger partial charge in [-0.05, 0) is 11.1 Å². The average molecular weight is 476 g/mol. The Hall–Kier alpha value is -3.66. The first-order valence-electron chi connectivity index (χ1n) is 11.3. The molecule has 2 aromatic carbocycles. The highest BCUT2D eigenvalue weighted by atomic mass is 19.1. The number of imidazole rings is 1. The van der Waals surface area contributed by atoms with Gasteiger partial charge in [0, 0.05) is 6.42 Å². The van der Waals surface area contributed by atoms with Crippen LogP contribution in [-0.2, 0) is 27.4 Å². The van der Waals surface area contributed by atoms with Crippen molar-refractivity contribution in [3.63, 3.8) is 0 Å². The second kappa shape index (κ2) is 9.91. The quantitative estimate of drug-likeness (QED) is 0.286. The van der Waals surface area contributed by atoms with Gasteiger partial charge in [-0.15, -0.1) is 6.58 Å². The number of aromatic nitrogens is 4. The standard InChI is InChI=1S/C26H26FN5O3/c1-2-26(16-33-14-18-9-5-3-6-10-18)20(34-15-19-11-7-4-8-12-19)13-21(35-26)32-17-29-22-23(28)30-25(27)31-24(22)32/h2-12,17,20-21H,1,13-16H2,(H2,28,30,31)/t20-,21+,26+/m0/s1. The number of benzene rings is 2. The van der Waals surface area contributed by atoms with E-state index < -0.39 is 17.9 Å². The molecule has 0 aliphatic carbocycles. The summed E-state index contributed by atoms with van der Waals surface area (Å²) in [6.45, 7) is 5.07. The van der Waals surface area contributed by atoms with Crippen LogP contribution >= 0.6 is 0 Å². The molecule has 180 valence electrons. The Morgan fingerprint density at radius 1 is 1.09 bits per heavy atom. The van der Waals surface area contributed by atoms with Gasteiger partial charge in [0.15, 0.2) is 17.0 Å². The van der Waals surface area contributed by atoms with Crippen molar-refractivity contribution in [2.75, 3.05) is 12.3 Å². The summed E-state index contributed by atoms with van der Waals surface area (Å²) >= 11 is 0. The normalized spacial score (nSPS) is 22.0. The lowest BCUT2D eigenvalue weighted by molar-refractivity contribution is -0.128. The Morgan fingerprint density at radius 3 is 2.46 bits per heavy atom. The SMILES string of the molecule is C=C[C@]1(COCc2ccccc2)O[C@@H](n2cnc3c(N)nc(F)nc32)C[C@@H]1OCc1ccccc1. The highest BCUT2D eigenvalue weighted by Crippen LogP contribution is 2.41. The molecule has 0 bridgehead atoms. The van der Waals surface area contributed by atoms with Gasteiger partial charge in [-0.3, -0.25) is 4.57 Å². The number of nitrogen functional groups attached to an aromatic ring is 1. The molecule has 0 saturated carbocycles. The van der Waals surface area contributed by atoms with Crippen LogP contribution in [0, 0.1) is 6.08 Å². The molecule has 4 aromatic rings. The third-order valence-electron chi connectivity index (χ3n) is 6.13. The summed E-state index contributed by atoms with van der Waals surface area (Å²) in [6, 6.07) is 19.8. The Labute approximate surface area is 202 Å². The van der Waals surface area contributed by atoms with Crippen LogP contribution < -0.4 is 5.73 Å². The molecule has 8 nitrogen and oxygen atoms in total. The van der Waals surface area contributed by atoms with Crippen molar-refractivity contribution in [3.8, 4) is 0 Å². The zero-order valence-electron chi connectivity index (χ0n) is 19.1. The molecular weight excluding hydrogens is 449 g/mol. The summed E-state index contributed by atoms with van der Waals surface area (Å²) < 4.78 is 34.5. The topological polar surface area (TPSA) is 97.3 Å². The molecule has 0 unspecified atom stereocenters. The Bertz CT molecular complexity index is 1300. The number of rotatable bonds is 9. The first-order chi connectivity index (χ1) is 17.1. The summed E-state index contributed by atoms with van der Waals surface area (Å²) in [7, 11) is 0. The van der Waals surface area contributed by atoms with E-state index in [-0.39, 0.29) is 24.2 Å². The van der Waals surface area contributed by atoms with Crippen molar-refractivity contribution in [1.82, 2.24) is 19.5 Å². The van der Waals surface area contributed by atoms with Gasteiger partial charge >= 0.3 is 6.08 Å². The van der Waals surface area contributed by atoms with Gasteiger partial charge in [-0.1, -0.05) is 66.7 Å². The van der Waals surface area contributed by atoms with Gasteiger partial charge in [0.1, 0.15) is 11.8 Å². The number of nitrogens with zero attached hydrogens (tertiary/aromatic N) is 4. The van der Waals surface area contributed by atoms with E-state index in [4.69, 9.17) is 19.9 Å². The summed E-state index contributed by atoms with van der Waals surface area (Å²) in [4.78, 5) is 11.7. The minimum absolute atomic E-state index is 0.0256. The molecule has 0 amide bonds. The fourth-order valence-corrected chi connectivity index (χ4v) is 4.30. The lowest BCUT2D eigenvalue weighted by Crippen LogP contribution is -2.43. The van der Waals surface area contributed by atoms with Crippen LogP contribution in [0.3, 0.4) is 0 Å². The zero-order chi connectivity index (χ0) is 24.3. The minimum atomic E-state index is -0.943. The van der Waals surface area contributed by atoms with E-state index >= 15 is 0 Å². The third-order valence-corrected chi connectivity index (χ3v) is 6.13. The molecule has 1 aliphatic rings. The molecule has 0 spiro atoms. The second-order valence-corrected chi connectivity index (χ2v) is 8.43. The van der Waals surface area contributed by atoms with Gasteiger partial charge in [0.2, 0.25) is 0 Å². The fourth-order valence-electron chi connectivity index (χ4n) is 4.30. The van der Waals surface area contributed by atoms with E-state index in [0.29, 0.717) is 25.2 Å². The maximum Gasteiger partial charge on any atom is 0.312 e. The van der Waals surface area contributed by atoms with Crippen LogP contribution in [0.2, 0.25) is 0 Å². The van der Waals surface area contributed by atoms with Crippen LogP contribution in [0.1, 0.15) is 23.8 Å². The van der Waals surface area contributed by atoms with Crippen LogP contribution in [0.25, 0.3) is 11.2 Å². The maximum atomic E-state index is 13.9. The molecule has 0 radical (unpaired) electrons. The van der Waals surface area contributed by atoms with Gasteiger partial charge < -0.3 is 19.9 Å². The molecule has 2 aromatic heterocycles. The molecule has 1 fully saturated rings. The molecule has 2 N–H and O–H groups in total. The predicted molar refractivity (Wildman–Crippen MR) is 128 cm³/mol. The van der Waals surface area contributed by atoms with Crippen LogP contribution in [0.15, 0.2) is 79.6 Å². The highest BCUT2D eigenvalue weighted by Gasteiger charge is 2.49. The molecule has 1 aliphatic heterocycles. The summed E-state index contributed by atoms with van der Waals surface area (Å²) in [5, 5.41) is 0. The van der Waals surface area contributed by atoms with Crippen molar-refractivity contribution < 1.29 is 18.6 Å². The molecule has 1 saturated heterocycles. The molecular formula is C26H26FN5O3. The highest BCUT2D eigenvalue weighted by molar-refractivity contribution is 5.81. The van der Waals surface area contributed by atoms with Crippen LogP contribution in [-0.4, -0.2) is 37.8 Å². The summed E-state index contributed by atoms with van der Waals surface area (Å²) in [5.41, 5.74) is 7.55. The number of anilines is 1. The molecule has 9 heteroatoms. The Balaban J connectivity index is 1.41. The molecule has 5 rings (SSSR count). The zero-order valence-corrected chi connectivity index (χ0v) is 19.1. The molecule has 3 atom stereocenters. The van der Waals surface area contributed by atoms with Crippen molar-refractivity contribution in [2.45, 2.75) is 37.6 Å². The van der Waals surface area contributed by atoms with Crippen molar-refractivity contribution in [2.24, 2.45) is 0 Å². The van der Waals surface area contributed by atoms with Gasteiger partial charge in [-0.2, -0.15) is 14.4 Å². The number of fused-ring (bicyclic) bond motifs is 1. The Kier molecular flexibility index (Phi) is 6.54. The van der Waals surface area contributed by atoms with E-state index in [1.807, 2.05) is 60.7 Å². The summed E-state index contributed by atoms with van der Waals surface area (Å²) in [6.07, 6.45) is 1.84. The second-order valence-electron chi connectivity index (χ2n) is 8.43. The minimum Gasteiger partial charge on any atom is -0.382 e. The van der Waals surface area contributed by atoms with Gasteiger partial charge in [0.25, 0.3) is 0 Å². The Morgan fingerprint density at radius 2 is 1.77 bits per heavy atom. The first kappa shape index (κ1) is 23.1. The lowest BCUT2D eigenvalue weighted by atomic mass is 9.97. The van der Waals surface area contributed by atoms with Crippen molar-refractivity contribution >= 4 is 17.0 Å². The number of nitrogens with two attached hydrogens (primary N) is 1. The first-order valence-corrected chi connectivity index (χ1v) is 11.3. The van der Waals surface area contributed by atoms with E-state index in [2.05, 4.69) is 21.5 Å². The average Bonchev–Trinajstić information content (AvgIpc) is 3.46. The fraction of sp³-hybridized carbons (Fsp3) is 0.269. The van der Waals surface area contributed by atoms with Crippen LogP contribution in [0.4, 0.5) is 10.2 Å². The van der Waals surface area contributed by atoms with Gasteiger partial charge in [0.05, 0.1) is 32.3 Å². The number of halogens is 1. The number of hydrogen-bond acceptors (Lipinski definition) is 7. The monoisotopic (exact) mass is 475 g/mol. The lowest BCUT2D eigenvalue weighted by Gasteiger charge is -2.31. The van der Waals surface area contributed by atoms with Crippen molar-refractivity contribution in [3.05, 3.63) is 96.9 Å². The maximum absolute atomic E-state index is 13.9. The largest absolute Gasteiger partial charge is 0.382 e. The van der Waals surface area contributed by atoms with E-state index in [1.54, 1.807) is 10.6 Å². The number of ether oxygens (including phenoxy) is 3. The van der Waals surface area contributed by atoms with E-state index in [1.165, 1.54) is 6.33 Å². The van der Waals surface area contributed by atoms with Crippen molar-refractivity contribution in [1.29, 1.82) is 0 Å². The molecule has 35 heavy (non-hydrogen) atoms.